The van der Waals surface area contributed by atoms with Crippen LogP contribution in [0.5, 0.6) is 0 Å². The van der Waals surface area contributed by atoms with E-state index in [1.165, 1.54) is 27.8 Å². The Labute approximate surface area is 165 Å². The van der Waals surface area contributed by atoms with E-state index in [1.54, 1.807) is 0 Å². The molecule has 0 unspecified atom stereocenters. The SMILES string of the molecule is CCCn1cc(-c2ccccc2CC(c2cccnc2)c2cccnc2)cn1. The van der Waals surface area contributed by atoms with Gasteiger partial charge in [0.1, 0.15) is 0 Å². The van der Waals surface area contributed by atoms with E-state index in [2.05, 4.69) is 64.6 Å². The number of aromatic nitrogens is 4. The van der Waals surface area contributed by atoms with Crippen LogP contribution in [0.15, 0.2) is 85.7 Å². The van der Waals surface area contributed by atoms with Crippen LogP contribution in [0.1, 0.15) is 36.0 Å². The molecule has 4 heteroatoms. The Morgan fingerprint density at radius 3 is 2.21 bits per heavy atom. The Morgan fingerprint density at radius 1 is 0.857 bits per heavy atom. The van der Waals surface area contributed by atoms with Crippen LogP contribution in [-0.2, 0) is 13.0 Å². The van der Waals surface area contributed by atoms with E-state index < -0.39 is 0 Å². The number of rotatable bonds is 7. The summed E-state index contributed by atoms with van der Waals surface area (Å²) in [6, 6.07) is 16.9. The zero-order valence-corrected chi connectivity index (χ0v) is 16.1. The van der Waals surface area contributed by atoms with E-state index >= 15 is 0 Å². The van der Waals surface area contributed by atoms with Crippen molar-refractivity contribution in [1.82, 2.24) is 19.7 Å². The van der Waals surface area contributed by atoms with Crippen molar-refractivity contribution in [1.29, 1.82) is 0 Å². The highest BCUT2D eigenvalue weighted by atomic mass is 15.3. The van der Waals surface area contributed by atoms with Gasteiger partial charge >= 0.3 is 0 Å². The van der Waals surface area contributed by atoms with Gasteiger partial charge in [0.2, 0.25) is 0 Å². The van der Waals surface area contributed by atoms with Gasteiger partial charge in [-0.05, 0) is 47.2 Å². The van der Waals surface area contributed by atoms with Gasteiger partial charge in [-0.25, -0.2) is 0 Å². The molecular weight excluding hydrogens is 344 g/mol. The van der Waals surface area contributed by atoms with Crippen molar-refractivity contribution in [3.8, 4) is 11.1 Å². The monoisotopic (exact) mass is 368 g/mol. The van der Waals surface area contributed by atoms with Gasteiger partial charge in [0.15, 0.2) is 0 Å². The molecule has 0 spiro atoms. The third-order valence-corrected chi connectivity index (χ3v) is 5.01. The maximum absolute atomic E-state index is 4.52. The molecule has 0 bridgehead atoms. The topological polar surface area (TPSA) is 43.6 Å². The second-order valence-corrected chi connectivity index (χ2v) is 6.98. The smallest absolute Gasteiger partial charge is 0.0568 e. The highest BCUT2D eigenvalue weighted by Crippen LogP contribution is 2.32. The summed E-state index contributed by atoms with van der Waals surface area (Å²) in [5.41, 5.74) is 6.11. The third kappa shape index (κ3) is 4.01. The molecule has 0 N–H and O–H groups in total. The Morgan fingerprint density at radius 2 is 1.57 bits per heavy atom. The van der Waals surface area contributed by atoms with Crippen LogP contribution in [0.4, 0.5) is 0 Å². The van der Waals surface area contributed by atoms with Crippen molar-refractivity contribution in [2.24, 2.45) is 0 Å². The van der Waals surface area contributed by atoms with E-state index in [-0.39, 0.29) is 5.92 Å². The maximum Gasteiger partial charge on any atom is 0.0568 e. The van der Waals surface area contributed by atoms with Gasteiger partial charge in [-0.1, -0.05) is 43.3 Å². The van der Waals surface area contributed by atoms with Crippen LogP contribution in [-0.4, -0.2) is 19.7 Å². The quantitative estimate of drug-likeness (QED) is 0.454. The molecule has 3 heterocycles. The summed E-state index contributed by atoms with van der Waals surface area (Å²) < 4.78 is 2.02. The lowest BCUT2D eigenvalue weighted by atomic mass is 9.85. The van der Waals surface area contributed by atoms with Crippen LogP contribution in [0.2, 0.25) is 0 Å². The Kier molecular flexibility index (Phi) is 5.57. The van der Waals surface area contributed by atoms with Gasteiger partial charge in [-0.15, -0.1) is 0 Å². The lowest BCUT2D eigenvalue weighted by molar-refractivity contribution is 0.603. The molecule has 0 fully saturated rings. The fourth-order valence-corrected chi connectivity index (χ4v) is 3.65. The summed E-state index contributed by atoms with van der Waals surface area (Å²) in [5.74, 6) is 0.203. The summed E-state index contributed by atoms with van der Waals surface area (Å²) in [6.45, 7) is 3.11. The van der Waals surface area contributed by atoms with Crippen LogP contribution < -0.4 is 0 Å². The lowest BCUT2D eigenvalue weighted by Gasteiger charge is -2.19. The summed E-state index contributed by atoms with van der Waals surface area (Å²) in [6.07, 6.45) is 13.6. The average molecular weight is 368 g/mol. The second kappa shape index (κ2) is 8.61. The molecule has 3 aromatic heterocycles. The van der Waals surface area contributed by atoms with Gasteiger partial charge in [-0.2, -0.15) is 5.10 Å². The van der Waals surface area contributed by atoms with Gasteiger partial charge in [0.25, 0.3) is 0 Å². The number of benzene rings is 1. The van der Waals surface area contributed by atoms with Gasteiger partial charge in [0, 0.05) is 49.0 Å². The van der Waals surface area contributed by atoms with Crippen LogP contribution in [0.3, 0.4) is 0 Å². The highest BCUT2D eigenvalue weighted by molar-refractivity contribution is 5.66. The second-order valence-electron chi connectivity index (χ2n) is 6.98. The fourth-order valence-electron chi connectivity index (χ4n) is 3.65. The average Bonchev–Trinajstić information content (AvgIpc) is 3.22. The molecule has 0 aliphatic rings. The highest BCUT2D eigenvalue weighted by Gasteiger charge is 2.18. The van der Waals surface area contributed by atoms with E-state index in [9.17, 15) is 0 Å². The van der Waals surface area contributed by atoms with Crippen LogP contribution in [0.25, 0.3) is 11.1 Å². The van der Waals surface area contributed by atoms with Crippen molar-refractivity contribution >= 4 is 0 Å². The van der Waals surface area contributed by atoms with Crippen LogP contribution in [0, 0.1) is 0 Å². The fraction of sp³-hybridized carbons (Fsp3) is 0.208. The van der Waals surface area contributed by atoms with Crippen LogP contribution >= 0.6 is 0 Å². The first kappa shape index (κ1) is 18.1. The van der Waals surface area contributed by atoms with Crippen molar-refractivity contribution in [3.63, 3.8) is 0 Å². The summed E-state index contributed by atoms with van der Waals surface area (Å²) in [4.78, 5) is 8.69. The molecular formula is C24H24N4. The Balaban J connectivity index is 1.71. The summed E-state index contributed by atoms with van der Waals surface area (Å²) in [5, 5.41) is 4.52. The van der Waals surface area contributed by atoms with E-state index in [1.807, 2.05) is 47.8 Å². The zero-order chi connectivity index (χ0) is 19.2. The molecule has 28 heavy (non-hydrogen) atoms. The summed E-state index contributed by atoms with van der Waals surface area (Å²) >= 11 is 0. The normalized spacial score (nSPS) is 11.1. The minimum absolute atomic E-state index is 0.203. The van der Waals surface area contributed by atoms with E-state index in [4.69, 9.17) is 0 Å². The molecule has 1 aromatic carbocycles. The molecule has 0 radical (unpaired) electrons. The van der Waals surface area contributed by atoms with Gasteiger partial charge in [0.05, 0.1) is 6.20 Å². The number of hydrogen-bond acceptors (Lipinski definition) is 3. The first-order valence-corrected chi connectivity index (χ1v) is 9.75. The Hall–Kier alpha value is -3.27. The predicted octanol–water partition coefficient (Wildman–Crippen LogP) is 5.12. The predicted molar refractivity (Wildman–Crippen MR) is 112 cm³/mol. The molecule has 0 amide bonds. The minimum Gasteiger partial charge on any atom is -0.272 e. The minimum atomic E-state index is 0.203. The van der Waals surface area contributed by atoms with Crippen molar-refractivity contribution in [3.05, 3.63) is 102 Å². The van der Waals surface area contributed by atoms with E-state index in [0.29, 0.717) is 0 Å². The molecule has 0 atom stereocenters. The summed E-state index contributed by atoms with van der Waals surface area (Å²) in [7, 11) is 0. The number of hydrogen-bond donors (Lipinski definition) is 0. The van der Waals surface area contributed by atoms with E-state index in [0.717, 1.165) is 19.4 Å². The van der Waals surface area contributed by atoms with Gasteiger partial charge < -0.3 is 0 Å². The van der Waals surface area contributed by atoms with Crippen molar-refractivity contribution in [2.45, 2.75) is 32.2 Å². The largest absolute Gasteiger partial charge is 0.272 e. The first-order valence-electron chi connectivity index (χ1n) is 9.75. The molecule has 0 saturated heterocycles. The molecule has 4 nitrogen and oxygen atoms in total. The zero-order valence-electron chi connectivity index (χ0n) is 16.1. The standard InChI is InChI=1S/C24H24N4/c1-2-13-28-18-22(17-27-28)23-10-4-3-7-19(23)14-24(20-8-5-11-25-15-20)21-9-6-12-26-16-21/h3-12,15-18,24H,2,13-14H2,1H3. The van der Waals surface area contributed by atoms with Gasteiger partial charge in [-0.3, -0.25) is 14.6 Å². The number of pyridine rings is 2. The maximum atomic E-state index is 4.52. The third-order valence-electron chi connectivity index (χ3n) is 5.01. The molecule has 4 aromatic rings. The first-order chi connectivity index (χ1) is 13.8. The molecule has 0 aliphatic carbocycles. The number of aryl methyl sites for hydroxylation is 1. The molecule has 4 rings (SSSR count). The molecule has 140 valence electrons. The van der Waals surface area contributed by atoms with Crippen molar-refractivity contribution in [2.75, 3.05) is 0 Å². The lowest BCUT2D eigenvalue weighted by Crippen LogP contribution is -2.07. The Bertz CT molecular complexity index is 969. The molecule has 0 saturated carbocycles. The number of nitrogens with zero attached hydrogens (tertiary/aromatic N) is 4. The molecule has 0 aliphatic heterocycles. The van der Waals surface area contributed by atoms with Crippen molar-refractivity contribution < 1.29 is 0 Å².